The highest BCUT2D eigenvalue weighted by molar-refractivity contribution is 5.77. The average molecular weight is 213 g/mol. The summed E-state index contributed by atoms with van der Waals surface area (Å²) >= 11 is 0. The lowest BCUT2D eigenvalue weighted by Crippen LogP contribution is -2.46. The molecule has 0 aromatic rings. The van der Waals surface area contributed by atoms with Gasteiger partial charge in [0.15, 0.2) is 0 Å². The largest absolute Gasteiger partial charge is 0.375 e. The van der Waals surface area contributed by atoms with Crippen molar-refractivity contribution in [2.24, 2.45) is 5.92 Å². The molecule has 0 radical (unpaired) electrons. The van der Waals surface area contributed by atoms with Crippen LogP contribution in [0.3, 0.4) is 0 Å². The fourth-order valence-corrected chi connectivity index (χ4v) is 2.61. The van der Waals surface area contributed by atoms with Gasteiger partial charge < -0.3 is 14.4 Å². The second kappa shape index (κ2) is 4.49. The third-order valence-electron chi connectivity index (χ3n) is 3.36. The predicted octanol–water partition coefficient (Wildman–Crippen LogP) is 0.659. The molecule has 2 saturated heterocycles. The van der Waals surface area contributed by atoms with Gasteiger partial charge in [0.2, 0.25) is 5.91 Å². The van der Waals surface area contributed by atoms with E-state index in [0.717, 1.165) is 25.9 Å². The number of hydrogen-bond donors (Lipinski definition) is 0. The van der Waals surface area contributed by atoms with Crippen molar-refractivity contribution in [1.29, 1.82) is 0 Å². The molecule has 86 valence electrons. The minimum Gasteiger partial charge on any atom is -0.375 e. The van der Waals surface area contributed by atoms with Crippen molar-refractivity contribution in [2.75, 3.05) is 26.8 Å². The molecule has 0 aromatic heterocycles. The van der Waals surface area contributed by atoms with Gasteiger partial charge in [-0.15, -0.1) is 0 Å². The van der Waals surface area contributed by atoms with E-state index in [1.54, 1.807) is 7.11 Å². The van der Waals surface area contributed by atoms with E-state index in [2.05, 4.69) is 6.92 Å². The maximum Gasteiger partial charge on any atom is 0.248 e. The molecule has 2 aliphatic rings. The van der Waals surface area contributed by atoms with Crippen LogP contribution in [-0.4, -0.2) is 49.8 Å². The minimum atomic E-state index is 0.0825. The number of nitrogens with zero attached hydrogens (tertiary/aromatic N) is 1. The van der Waals surface area contributed by atoms with Crippen molar-refractivity contribution >= 4 is 5.91 Å². The average Bonchev–Trinajstić information content (AvgIpc) is 2.57. The summed E-state index contributed by atoms with van der Waals surface area (Å²) in [6.45, 7) is 3.91. The molecule has 0 aromatic carbocycles. The standard InChI is InChI=1S/C11H19NO3/c1-8-5-9-3-4-12(6-10(9)15-8)11(13)7-14-2/h8-10H,3-7H2,1-2H3/t8-,9-,10+/m0/s1. The molecule has 2 rings (SSSR count). The third-order valence-corrected chi connectivity index (χ3v) is 3.36. The van der Waals surface area contributed by atoms with E-state index in [1.807, 2.05) is 4.90 Å². The van der Waals surface area contributed by atoms with Crippen LogP contribution in [0.4, 0.5) is 0 Å². The maximum absolute atomic E-state index is 11.6. The number of methoxy groups -OCH3 is 1. The maximum atomic E-state index is 11.6. The first-order valence-electron chi connectivity index (χ1n) is 5.63. The molecule has 1 amide bonds. The van der Waals surface area contributed by atoms with E-state index in [0.29, 0.717) is 12.0 Å². The Bertz CT molecular complexity index is 244. The van der Waals surface area contributed by atoms with Crippen molar-refractivity contribution in [3.63, 3.8) is 0 Å². The van der Waals surface area contributed by atoms with Crippen LogP contribution in [0.1, 0.15) is 19.8 Å². The molecule has 2 aliphatic heterocycles. The first kappa shape index (κ1) is 10.9. The number of hydrogen-bond acceptors (Lipinski definition) is 3. The molecular weight excluding hydrogens is 194 g/mol. The SMILES string of the molecule is COCC(=O)N1CC[C@H]2C[C@H](C)O[C@@H]2C1. The summed E-state index contributed by atoms with van der Waals surface area (Å²) in [6, 6.07) is 0. The van der Waals surface area contributed by atoms with Crippen molar-refractivity contribution in [2.45, 2.75) is 32.0 Å². The molecule has 4 nitrogen and oxygen atoms in total. The number of amides is 1. The van der Waals surface area contributed by atoms with Crippen LogP contribution in [0.15, 0.2) is 0 Å². The Morgan fingerprint density at radius 3 is 3.13 bits per heavy atom. The summed E-state index contributed by atoms with van der Waals surface area (Å²) in [5.74, 6) is 0.741. The lowest BCUT2D eigenvalue weighted by molar-refractivity contribution is -0.139. The zero-order chi connectivity index (χ0) is 10.8. The Hall–Kier alpha value is -0.610. The fraction of sp³-hybridized carbons (Fsp3) is 0.909. The van der Waals surface area contributed by atoms with Crippen LogP contribution < -0.4 is 0 Å². The van der Waals surface area contributed by atoms with E-state index in [1.165, 1.54) is 0 Å². The Labute approximate surface area is 90.5 Å². The van der Waals surface area contributed by atoms with Gasteiger partial charge >= 0.3 is 0 Å². The Balaban J connectivity index is 1.89. The summed E-state index contributed by atoms with van der Waals surface area (Å²) in [6.07, 6.45) is 2.84. The number of fused-ring (bicyclic) bond motifs is 1. The minimum absolute atomic E-state index is 0.0825. The number of rotatable bonds is 2. The van der Waals surface area contributed by atoms with Gasteiger partial charge in [-0.05, 0) is 25.7 Å². The van der Waals surface area contributed by atoms with E-state index in [4.69, 9.17) is 9.47 Å². The molecule has 2 heterocycles. The van der Waals surface area contributed by atoms with E-state index in [9.17, 15) is 4.79 Å². The van der Waals surface area contributed by atoms with Crippen LogP contribution >= 0.6 is 0 Å². The Morgan fingerprint density at radius 2 is 2.40 bits per heavy atom. The second-order valence-electron chi connectivity index (χ2n) is 4.54. The molecule has 0 bridgehead atoms. The van der Waals surface area contributed by atoms with Gasteiger partial charge in [-0.2, -0.15) is 0 Å². The van der Waals surface area contributed by atoms with Gasteiger partial charge in [-0.3, -0.25) is 4.79 Å². The van der Waals surface area contributed by atoms with Crippen molar-refractivity contribution in [3.8, 4) is 0 Å². The Morgan fingerprint density at radius 1 is 1.60 bits per heavy atom. The van der Waals surface area contributed by atoms with Gasteiger partial charge in [0, 0.05) is 20.2 Å². The van der Waals surface area contributed by atoms with E-state index < -0.39 is 0 Å². The topological polar surface area (TPSA) is 38.8 Å². The summed E-state index contributed by atoms with van der Waals surface area (Å²) < 4.78 is 10.6. The third kappa shape index (κ3) is 2.32. The first-order valence-corrected chi connectivity index (χ1v) is 5.63. The number of ether oxygens (including phenoxy) is 2. The quantitative estimate of drug-likeness (QED) is 0.676. The van der Waals surface area contributed by atoms with Gasteiger partial charge in [0.05, 0.1) is 12.2 Å². The van der Waals surface area contributed by atoms with Crippen molar-refractivity contribution < 1.29 is 14.3 Å². The lowest BCUT2D eigenvalue weighted by atomic mass is 9.92. The van der Waals surface area contributed by atoms with Gasteiger partial charge in [-0.25, -0.2) is 0 Å². The highest BCUT2D eigenvalue weighted by atomic mass is 16.5. The number of piperidine rings is 1. The van der Waals surface area contributed by atoms with Crippen LogP contribution in [0.25, 0.3) is 0 Å². The highest BCUT2D eigenvalue weighted by Gasteiger charge is 2.38. The van der Waals surface area contributed by atoms with E-state index >= 15 is 0 Å². The molecule has 0 saturated carbocycles. The Kier molecular flexibility index (Phi) is 3.26. The van der Waals surface area contributed by atoms with Crippen LogP contribution in [0.5, 0.6) is 0 Å². The molecule has 0 N–H and O–H groups in total. The molecule has 0 unspecified atom stereocenters. The van der Waals surface area contributed by atoms with E-state index in [-0.39, 0.29) is 18.6 Å². The second-order valence-corrected chi connectivity index (χ2v) is 4.54. The number of carbonyl (C=O) groups is 1. The molecule has 0 aliphatic carbocycles. The zero-order valence-electron chi connectivity index (χ0n) is 9.44. The highest BCUT2D eigenvalue weighted by Crippen LogP contribution is 2.32. The lowest BCUT2D eigenvalue weighted by Gasteiger charge is -2.33. The fourth-order valence-electron chi connectivity index (χ4n) is 2.61. The molecule has 3 atom stereocenters. The van der Waals surface area contributed by atoms with Gasteiger partial charge in [-0.1, -0.05) is 0 Å². The van der Waals surface area contributed by atoms with Crippen LogP contribution in [0, 0.1) is 5.92 Å². The van der Waals surface area contributed by atoms with Gasteiger partial charge in [0.1, 0.15) is 6.61 Å². The molecule has 15 heavy (non-hydrogen) atoms. The van der Waals surface area contributed by atoms with Crippen LogP contribution in [0.2, 0.25) is 0 Å². The monoisotopic (exact) mass is 213 g/mol. The van der Waals surface area contributed by atoms with Gasteiger partial charge in [0.25, 0.3) is 0 Å². The summed E-state index contributed by atoms with van der Waals surface area (Å²) in [5, 5.41) is 0. The zero-order valence-corrected chi connectivity index (χ0v) is 9.44. The first-order chi connectivity index (χ1) is 7.20. The summed E-state index contributed by atoms with van der Waals surface area (Å²) in [7, 11) is 1.55. The predicted molar refractivity (Wildman–Crippen MR) is 55.5 cm³/mol. The normalized spacial score (nSPS) is 35.3. The number of likely N-dealkylation sites (tertiary alicyclic amines) is 1. The molecule has 2 fully saturated rings. The smallest absolute Gasteiger partial charge is 0.248 e. The number of carbonyl (C=O) groups excluding carboxylic acids is 1. The van der Waals surface area contributed by atoms with Crippen molar-refractivity contribution in [1.82, 2.24) is 4.90 Å². The molecule has 0 spiro atoms. The molecular formula is C11H19NO3. The molecule has 4 heteroatoms. The van der Waals surface area contributed by atoms with Crippen molar-refractivity contribution in [3.05, 3.63) is 0 Å². The summed E-state index contributed by atoms with van der Waals surface area (Å²) in [4.78, 5) is 13.5. The summed E-state index contributed by atoms with van der Waals surface area (Å²) in [5.41, 5.74) is 0. The van der Waals surface area contributed by atoms with Crippen LogP contribution in [-0.2, 0) is 14.3 Å².